The Morgan fingerprint density at radius 1 is 0.909 bits per heavy atom. The number of ether oxygens (including phenoxy) is 1. The molecule has 0 N–H and O–H groups in total. The van der Waals surface area contributed by atoms with Crippen LogP contribution in [0.5, 0.6) is 5.75 Å². The number of rotatable bonds is 7. The third kappa shape index (κ3) is 3.98. The molecule has 0 aliphatic rings. The summed E-state index contributed by atoms with van der Waals surface area (Å²) in [6.45, 7) is 1.47. The van der Waals surface area contributed by atoms with Crippen LogP contribution in [0.3, 0.4) is 0 Å². The molecule has 0 unspecified atom stereocenters. The molecule has 0 saturated heterocycles. The van der Waals surface area contributed by atoms with Gasteiger partial charge in [0.1, 0.15) is 5.75 Å². The number of para-hydroxylation sites is 1. The quantitative estimate of drug-likeness (QED) is 0.617. The van der Waals surface area contributed by atoms with Crippen LogP contribution in [0.25, 0.3) is 0 Å². The Bertz CT molecular complexity index is 678. The van der Waals surface area contributed by atoms with Crippen molar-refractivity contribution in [3.63, 3.8) is 0 Å². The van der Waals surface area contributed by atoms with E-state index in [1.807, 2.05) is 41.2 Å². The van der Waals surface area contributed by atoms with E-state index in [0.717, 1.165) is 37.3 Å². The Balaban J connectivity index is 1.54. The van der Waals surface area contributed by atoms with Crippen molar-refractivity contribution in [1.82, 2.24) is 9.78 Å². The molecular formula is C19H20N2O. The second-order valence-corrected chi connectivity index (χ2v) is 5.25. The average Bonchev–Trinajstić information content (AvgIpc) is 3.07. The van der Waals surface area contributed by atoms with E-state index in [9.17, 15) is 0 Å². The lowest BCUT2D eigenvalue weighted by Gasteiger charge is -2.11. The number of aryl methyl sites for hydroxylation is 1. The summed E-state index contributed by atoms with van der Waals surface area (Å²) in [5.74, 6) is 0.950. The van der Waals surface area contributed by atoms with Gasteiger partial charge >= 0.3 is 0 Å². The zero-order chi connectivity index (χ0) is 15.0. The van der Waals surface area contributed by atoms with E-state index >= 15 is 0 Å². The maximum Gasteiger partial charge on any atom is 0.124 e. The molecule has 0 bridgehead atoms. The summed E-state index contributed by atoms with van der Waals surface area (Å²) < 4.78 is 7.88. The number of nitrogens with zero attached hydrogens (tertiary/aromatic N) is 2. The zero-order valence-corrected chi connectivity index (χ0v) is 12.6. The third-order valence-corrected chi connectivity index (χ3v) is 3.57. The molecule has 1 aromatic heterocycles. The summed E-state index contributed by atoms with van der Waals surface area (Å²) in [6, 6.07) is 20.6. The van der Waals surface area contributed by atoms with Crippen LogP contribution in [0.1, 0.15) is 17.5 Å². The highest BCUT2D eigenvalue weighted by molar-refractivity contribution is 5.33. The topological polar surface area (TPSA) is 27.1 Å². The Morgan fingerprint density at radius 3 is 2.55 bits per heavy atom. The highest BCUT2D eigenvalue weighted by Crippen LogP contribution is 2.19. The summed E-state index contributed by atoms with van der Waals surface area (Å²) in [6.07, 6.45) is 5.82. The molecule has 0 radical (unpaired) electrons. The molecule has 3 rings (SSSR count). The maximum absolute atomic E-state index is 5.97. The Morgan fingerprint density at radius 2 is 1.73 bits per heavy atom. The standard InChI is InChI=1S/C19H20N2O/c1-2-8-17(9-3-1)10-6-15-22-19-12-5-4-11-18(19)16-21-14-7-13-20-21/h1-5,7-9,11-14H,6,10,15-16H2. The van der Waals surface area contributed by atoms with E-state index in [4.69, 9.17) is 4.74 Å². The van der Waals surface area contributed by atoms with Gasteiger partial charge in [0.2, 0.25) is 0 Å². The van der Waals surface area contributed by atoms with Crippen molar-refractivity contribution in [3.8, 4) is 5.75 Å². The van der Waals surface area contributed by atoms with Gasteiger partial charge in [-0.25, -0.2) is 0 Å². The van der Waals surface area contributed by atoms with E-state index < -0.39 is 0 Å². The highest BCUT2D eigenvalue weighted by Gasteiger charge is 2.04. The van der Waals surface area contributed by atoms with Gasteiger partial charge in [0.25, 0.3) is 0 Å². The first-order chi connectivity index (χ1) is 10.9. The van der Waals surface area contributed by atoms with E-state index in [2.05, 4.69) is 35.4 Å². The monoisotopic (exact) mass is 292 g/mol. The SMILES string of the molecule is c1ccc(CCCOc2ccccc2Cn2cccn2)cc1. The van der Waals surface area contributed by atoms with Crippen LogP contribution in [-0.2, 0) is 13.0 Å². The molecule has 1 heterocycles. The molecule has 3 aromatic rings. The van der Waals surface area contributed by atoms with Crippen molar-refractivity contribution >= 4 is 0 Å². The lowest BCUT2D eigenvalue weighted by atomic mass is 10.1. The normalized spacial score (nSPS) is 10.5. The van der Waals surface area contributed by atoms with Crippen molar-refractivity contribution < 1.29 is 4.74 Å². The van der Waals surface area contributed by atoms with Crippen LogP contribution in [0.4, 0.5) is 0 Å². The molecule has 0 aliphatic carbocycles. The van der Waals surface area contributed by atoms with Crippen molar-refractivity contribution in [3.05, 3.63) is 84.2 Å². The van der Waals surface area contributed by atoms with E-state index in [0.29, 0.717) is 0 Å². The summed E-state index contributed by atoms with van der Waals surface area (Å²) in [7, 11) is 0. The van der Waals surface area contributed by atoms with Crippen LogP contribution < -0.4 is 4.74 Å². The van der Waals surface area contributed by atoms with Crippen LogP contribution in [-0.4, -0.2) is 16.4 Å². The summed E-state index contributed by atoms with van der Waals surface area (Å²) in [5.41, 5.74) is 2.52. The molecule has 0 aliphatic heterocycles. The predicted molar refractivity (Wildman–Crippen MR) is 88.0 cm³/mol. The average molecular weight is 292 g/mol. The molecule has 0 fully saturated rings. The second kappa shape index (κ2) is 7.46. The van der Waals surface area contributed by atoms with Gasteiger partial charge in [-0.05, 0) is 30.5 Å². The zero-order valence-electron chi connectivity index (χ0n) is 12.6. The fourth-order valence-corrected chi connectivity index (χ4v) is 2.45. The minimum Gasteiger partial charge on any atom is -0.493 e. The van der Waals surface area contributed by atoms with Gasteiger partial charge in [0.05, 0.1) is 13.2 Å². The molecule has 0 atom stereocenters. The molecule has 0 spiro atoms. The van der Waals surface area contributed by atoms with Crippen LogP contribution in [0, 0.1) is 0 Å². The molecule has 3 nitrogen and oxygen atoms in total. The summed E-state index contributed by atoms with van der Waals surface area (Å²) >= 11 is 0. The minimum absolute atomic E-state index is 0.727. The first kappa shape index (κ1) is 14.4. The number of hydrogen-bond donors (Lipinski definition) is 0. The fraction of sp³-hybridized carbons (Fsp3) is 0.211. The minimum atomic E-state index is 0.727. The fourth-order valence-electron chi connectivity index (χ4n) is 2.45. The van der Waals surface area contributed by atoms with Gasteiger partial charge < -0.3 is 4.74 Å². The second-order valence-electron chi connectivity index (χ2n) is 5.25. The largest absolute Gasteiger partial charge is 0.493 e. The molecule has 0 saturated carbocycles. The summed E-state index contributed by atoms with van der Waals surface area (Å²) in [4.78, 5) is 0. The summed E-state index contributed by atoms with van der Waals surface area (Å²) in [5, 5.41) is 4.25. The van der Waals surface area contributed by atoms with Gasteiger partial charge in [0, 0.05) is 18.0 Å². The van der Waals surface area contributed by atoms with Crippen molar-refractivity contribution in [2.24, 2.45) is 0 Å². The Hall–Kier alpha value is -2.55. The van der Waals surface area contributed by atoms with Gasteiger partial charge in [0.15, 0.2) is 0 Å². The van der Waals surface area contributed by atoms with Crippen molar-refractivity contribution in [1.29, 1.82) is 0 Å². The highest BCUT2D eigenvalue weighted by atomic mass is 16.5. The predicted octanol–water partition coefficient (Wildman–Crippen LogP) is 3.94. The van der Waals surface area contributed by atoms with Crippen LogP contribution in [0.2, 0.25) is 0 Å². The lowest BCUT2D eigenvalue weighted by Crippen LogP contribution is -2.05. The van der Waals surface area contributed by atoms with Crippen LogP contribution >= 0.6 is 0 Å². The molecule has 2 aromatic carbocycles. The van der Waals surface area contributed by atoms with Gasteiger partial charge in [-0.15, -0.1) is 0 Å². The third-order valence-electron chi connectivity index (χ3n) is 3.57. The van der Waals surface area contributed by atoms with E-state index in [1.165, 1.54) is 5.56 Å². The molecule has 0 amide bonds. The van der Waals surface area contributed by atoms with Crippen molar-refractivity contribution in [2.75, 3.05) is 6.61 Å². The smallest absolute Gasteiger partial charge is 0.124 e. The molecule has 112 valence electrons. The van der Waals surface area contributed by atoms with Gasteiger partial charge in [-0.1, -0.05) is 48.5 Å². The first-order valence-corrected chi connectivity index (χ1v) is 7.64. The Kier molecular flexibility index (Phi) is 4.88. The molecule has 22 heavy (non-hydrogen) atoms. The molecular weight excluding hydrogens is 272 g/mol. The number of hydrogen-bond acceptors (Lipinski definition) is 2. The van der Waals surface area contributed by atoms with Crippen molar-refractivity contribution in [2.45, 2.75) is 19.4 Å². The lowest BCUT2D eigenvalue weighted by molar-refractivity contribution is 0.307. The number of aromatic nitrogens is 2. The molecule has 3 heteroatoms. The van der Waals surface area contributed by atoms with Crippen LogP contribution in [0.15, 0.2) is 73.1 Å². The van der Waals surface area contributed by atoms with E-state index in [1.54, 1.807) is 6.20 Å². The number of benzene rings is 2. The Labute approximate surface area is 131 Å². The van der Waals surface area contributed by atoms with Gasteiger partial charge in [-0.2, -0.15) is 5.10 Å². The van der Waals surface area contributed by atoms with Gasteiger partial charge in [-0.3, -0.25) is 4.68 Å². The maximum atomic E-state index is 5.97. The van der Waals surface area contributed by atoms with E-state index in [-0.39, 0.29) is 0 Å². The first-order valence-electron chi connectivity index (χ1n) is 7.64.